The van der Waals surface area contributed by atoms with Crippen molar-refractivity contribution >= 4 is 27.5 Å². The van der Waals surface area contributed by atoms with Crippen LogP contribution in [0.1, 0.15) is 22.8 Å². The Morgan fingerprint density at radius 2 is 1.83 bits per heavy atom. The molecule has 0 saturated carbocycles. The summed E-state index contributed by atoms with van der Waals surface area (Å²) in [6, 6.07) is 9.36. The molecule has 1 aromatic heterocycles. The number of benzene rings is 2. The molecular formula is C22H22N2O4S. The Morgan fingerprint density at radius 3 is 2.38 bits per heavy atom. The van der Waals surface area contributed by atoms with Gasteiger partial charge in [0.25, 0.3) is 5.91 Å². The van der Waals surface area contributed by atoms with Gasteiger partial charge in [-0.1, -0.05) is 30.2 Å². The summed E-state index contributed by atoms with van der Waals surface area (Å²) in [5.74, 6) is 3.43. The SMILES string of the molecule is C#CCn1c(=NC(=O)c2cc(OC)c(OC)c(OC)c2)sc2cc(CC)ccc21. The monoisotopic (exact) mass is 410 g/mol. The van der Waals surface area contributed by atoms with Crippen LogP contribution in [0.25, 0.3) is 10.2 Å². The van der Waals surface area contributed by atoms with Gasteiger partial charge in [-0.05, 0) is 36.2 Å². The molecule has 2 aromatic carbocycles. The lowest BCUT2D eigenvalue weighted by Crippen LogP contribution is -2.16. The van der Waals surface area contributed by atoms with Crippen LogP contribution in [0.2, 0.25) is 0 Å². The van der Waals surface area contributed by atoms with E-state index in [0.29, 0.717) is 34.2 Å². The number of aryl methyl sites for hydroxylation is 1. The van der Waals surface area contributed by atoms with Gasteiger partial charge in [-0.2, -0.15) is 4.99 Å². The molecule has 0 saturated heterocycles. The summed E-state index contributed by atoms with van der Waals surface area (Å²) in [5, 5.41) is 0. The molecule has 6 nitrogen and oxygen atoms in total. The number of ether oxygens (including phenoxy) is 3. The summed E-state index contributed by atoms with van der Waals surface area (Å²) in [4.78, 5) is 17.8. The number of thiazole rings is 1. The first-order valence-electron chi connectivity index (χ1n) is 9.01. The van der Waals surface area contributed by atoms with Gasteiger partial charge in [0.1, 0.15) is 0 Å². The molecule has 3 rings (SSSR count). The minimum Gasteiger partial charge on any atom is -0.493 e. The summed E-state index contributed by atoms with van der Waals surface area (Å²) < 4.78 is 18.9. The molecule has 0 aliphatic heterocycles. The summed E-state index contributed by atoms with van der Waals surface area (Å²) in [5.41, 5.74) is 2.51. The van der Waals surface area contributed by atoms with Crippen LogP contribution in [0, 0.1) is 12.3 Å². The number of terminal acetylenes is 1. The second-order valence-electron chi connectivity index (χ2n) is 6.16. The number of methoxy groups -OCH3 is 3. The van der Waals surface area contributed by atoms with E-state index in [1.54, 1.807) is 12.1 Å². The quantitative estimate of drug-likeness (QED) is 0.582. The van der Waals surface area contributed by atoms with Crippen molar-refractivity contribution in [2.24, 2.45) is 4.99 Å². The van der Waals surface area contributed by atoms with E-state index in [2.05, 4.69) is 30.0 Å². The maximum absolute atomic E-state index is 12.9. The zero-order valence-electron chi connectivity index (χ0n) is 16.8. The summed E-state index contributed by atoms with van der Waals surface area (Å²) in [6.45, 7) is 2.43. The highest BCUT2D eigenvalue weighted by Gasteiger charge is 2.17. The molecule has 0 atom stereocenters. The summed E-state index contributed by atoms with van der Waals surface area (Å²) in [7, 11) is 4.51. The van der Waals surface area contributed by atoms with Crippen molar-refractivity contribution in [2.75, 3.05) is 21.3 Å². The number of carbonyl (C=O) groups is 1. The third kappa shape index (κ3) is 3.98. The Bertz CT molecular complexity index is 1140. The van der Waals surface area contributed by atoms with Gasteiger partial charge in [-0.15, -0.1) is 6.42 Å². The van der Waals surface area contributed by atoms with E-state index in [-0.39, 0.29) is 0 Å². The lowest BCUT2D eigenvalue weighted by Gasteiger charge is -2.12. The van der Waals surface area contributed by atoms with Gasteiger partial charge in [-0.3, -0.25) is 4.79 Å². The van der Waals surface area contributed by atoms with Gasteiger partial charge >= 0.3 is 0 Å². The van der Waals surface area contributed by atoms with Crippen LogP contribution in [0.3, 0.4) is 0 Å². The predicted octanol–water partition coefficient (Wildman–Crippen LogP) is 3.67. The Labute approximate surface area is 173 Å². The first kappa shape index (κ1) is 20.5. The standard InChI is InChI=1S/C22H22N2O4S/c1-6-10-24-16-9-8-14(7-2)11-19(16)29-22(24)23-21(25)15-12-17(26-3)20(28-5)18(13-15)27-4/h1,8-9,11-13H,7,10H2,2-5H3. The van der Waals surface area contributed by atoms with Crippen molar-refractivity contribution in [1.29, 1.82) is 0 Å². The fourth-order valence-electron chi connectivity index (χ4n) is 3.02. The van der Waals surface area contributed by atoms with Gasteiger partial charge < -0.3 is 18.8 Å². The van der Waals surface area contributed by atoms with Crippen molar-refractivity contribution in [3.63, 3.8) is 0 Å². The molecule has 1 heterocycles. The van der Waals surface area contributed by atoms with Gasteiger partial charge in [0, 0.05) is 5.56 Å². The number of hydrogen-bond donors (Lipinski definition) is 0. The van der Waals surface area contributed by atoms with Crippen molar-refractivity contribution < 1.29 is 19.0 Å². The smallest absolute Gasteiger partial charge is 0.279 e. The van der Waals surface area contributed by atoms with E-state index in [1.165, 1.54) is 38.2 Å². The third-order valence-corrected chi connectivity index (χ3v) is 5.55. The molecular weight excluding hydrogens is 388 g/mol. The third-order valence-electron chi connectivity index (χ3n) is 4.51. The van der Waals surface area contributed by atoms with Crippen molar-refractivity contribution in [1.82, 2.24) is 4.57 Å². The average Bonchev–Trinajstić information content (AvgIpc) is 3.08. The molecule has 0 fully saturated rings. The van der Waals surface area contributed by atoms with Gasteiger partial charge in [-0.25, -0.2) is 0 Å². The number of nitrogens with zero attached hydrogens (tertiary/aromatic N) is 2. The molecule has 0 bridgehead atoms. The molecule has 0 aliphatic carbocycles. The van der Waals surface area contributed by atoms with Crippen LogP contribution in [0.4, 0.5) is 0 Å². The predicted molar refractivity (Wildman–Crippen MR) is 114 cm³/mol. The molecule has 150 valence electrons. The van der Waals surface area contributed by atoms with Crippen molar-refractivity contribution in [3.8, 4) is 29.6 Å². The van der Waals surface area contributed by atoms with E-state index < -0.39 is 5.91 Å². The van der Waals surface area contributed by atoms with E-state index in [1.807, 2.05) is 10.6 Å². The first-order valence-corrected chi connectivity index (χ1v) is 9.82. The van der Waals surface area contributed by atoms with Crippen LogP contribution in [-0.2, 0) is 13.0 Å². The maximum atomic E-state index is 12.9. The second kappa shape index (κ2) is 8.84. The number of rotatable bonds is 6. The second-order valence-corrected chi connectivity index (χ2v) is 7.17. The number of carbonyl (C=O) groups excluding carboxylic acids is 1. The number of aromatic nitrogens is 1. The molecule has 0 N–H and O–H groups in total. The van der Waals surface area contributed by atoms with E-state index in [4.69, 9.17) is 20.6 Å². The Kier molecular flexibility index (Phi) is 6.25. The minimum absolute atomic E-state index is 0.326. The normalized spacial score (nSPS) is 11.3. The fourth-order valence-corrected chi connectivity index (χ4v) is 4.11. The van der Waals surface area contributed by atoms with Crippen LogP contribution in [0.5, 0.6) is 17.2 Å². The maximum Gasteiger partial charge on any atom is 0.279 e. The van der Waals surface area contributed by atoms with E-state index >= 15 is 0 Å². The Hall–Kier alpha value is -3.24. The fraction of sp³-hybridized carbons (Fsp3) is 0.273. The average molecular weight is 410 g/mol. The zero-order valence-corrected chi connectivity index (χ0v) is 17.6. The number of amides is 1. The molecule has 0 aliphatic rings. The molecule has 1 amide bonds. The van der Waals surface area contributed by atoms with Crippen LogP contribution in [-0.4, -0.2) is 31.8 Å². The highest BCUT2D eigenvalue weighted by Crippen LogP contribution is 2.38. The first-order chi connectivity index (χ1) is 14.1. The van der Waals surface area contributed by atoms with Crippen LogP contribution < -0.4 is 19.0 Å². The van der Waals surface area contributed by atoms with Crippen LogP contribution >= 0.6 is 11.3 Å². The van der Waals surface area contributed by atoms with E-state index in [9.17, 15) is 4.79 Å². The zero-order chi connectivity index (χ0) is 21.0. The van der Waals surface area contributed by atoms with Gasteiger partial charge in [0.05, 0.1) is 38.1 Å². The Morgan fingerprint density at radius 1 is 1.14 bits per heavy atom. The molecule has 0 radical (unpaired) electrons. The highest BCUT2D eigenvalue weighted by atomic mass is 32.1. The highest BCUT2D eigenvalue weighted by molar-refractivity contribution is 7.16. The van der Waals surface area contributed by atoms with Crippen molar-refractivity contribution in [3.05, 3.63) is 46.3 Å². The molecule has 0 unspecified atom stereocenters. The molecule has 3 aromatic rings. The van der Waals surface area contributed by atoms with Crippen molar-refractivity contribution in [2.45, 2.75) is 19.9 Å². The molecule has 0 spiro atoms. The summed E-state index contributed by atoms with van der Waals surface area (Å²) >= 11 is 1.44. The van der Waals surface area contributed by atoms with Gasteiger partial charge in [0.15, 0.2) is 16.3 Å². The Balaban J connectivity index is 2.15. The topological polar surface area (TPSA) is 62.1 Å². The lowest BCUT2D eigenvalue weighted by molar-refractivity contribution is 0.0997. The van der Waals surface area contributed by atoms with Gasteiger partial charge in [0.2, 0.25) is 5.75 Å². The molecule has 7 heteroatoms. The van der Waals surface area contributed by atoms with E-state index in [0.717, 1.165) is 16.6 Å². The molecule has 29 heavy (non-hydrogen) atoms. The largest absolute Gasteiger partial charge is 0.493 e. The minimum atomic E-state index is -0.419. The van der Waals surface area contributed by atoms with Crippen LogP contribution in [0.15, 0.2) is 35.3 Å². The number of hydrogen-bond acceptors (Lipinski definition) is 5. The number of fused-ring (bicyclic) bond motifs is 1. The lowest BCUT2D eigenvalue weighted by atomic mass is 10.1. The summed E-state index contributed by atoms with van der Waals surface area (Å²) in [6.07, 6.45) is 6.48.